The van der Waals surface area contributed by atoms with Gasteiger partial charge in [0.1, 0.15) is 5.75 Å². The molecule has 0 bridgehead atoms. The SMILES string of the molecule is Nc1cccc2c(-c3cccc(OC(F)(F)F)c3)cccc12. The zero-order valence-corrected chi connectivity index (χ0v) is 11.4. The topological polar surface area (TPSA) is 35.2 Å². The Balaban J connectivity index is 2.12. The first-order chi connectivity index (χ1) is 10.4. The molecule has 0 unspecified atom stereocenters. The van der Waals surface area contributed by atoms with E-state index in [-0.39, 0.29) is 5.75 Å². The van der Waals surface area contributed by atoms with Crippen LogP contribution < -0.4 is 10.5 Å². The van der Waals surface area contributed by atoms with Gasteiger partial charge in [-0.2, -0.15) is 0 Å². The van der Waals surface area contributed by atoms with E-state index in [1.165, 1.54) is 18.2 Å². The van der Waals surface area contributed by atoms with E-state index >= 15 is 0 Å². The van der Waals surface area contributed by atoms with Crippen LogP contribution in [0, 0.1) is 0 Å². The third-order valence-electron chi connectivity index (χ3n) is 3.33. The minimum absolute atomic E-state index is 0.245. The van der Waals surface area contributed by atoms with Crippen molar-refractivity contribution in [2.24, 2.45) is 0 Å². The molecule has 0 amide bonds. The Labute approximate surface area is 124 Å². The van der Waals surface area contributed by atoms with Crippen molar-refractivity contribution in [3.05, 3.63) is 60.7 Å². The molecule has 0 aromatic heterocycles. The molecule has 2 N–H and O–H groups in total. The molecule has 0 spiro atoms. The van der Waals surface area contributed by atoms with E-state index in [0.29, 0.717) is 11.3 Å². The molecular weight excluding hydrogens is 291 g/mol. The monoisotopic (exact) mass is 303 g/mol. The maximum atomic E-state index is 12.3. The van der Waals surface area contributed by atoms with Crippen LogP contribution in [0.5, 0.6) is 5.75 Å². The van der Waals surface area contributed by atoms with Gasteiger partial charge in [-0.25, -0.2) is 0 Å². The Morgan fingerprint density at radius 3 is 2.27 bits per heavy atom. The van der Waals surface area contributed by atoms with Gasteiger partial charge in [0.15, 0.2) is 0 Å². The molecule has 0 aliphatic heterocycles. The van der Waals surface area contributed by atoms with Crippen molar-refractivity contribution in [1.29, 1.82) is 0 Å². The lowest BCUT2D eigenvalue weighted by Crippen LogP contribution is -2.17. The summed E-state index contributed by atoms with van der Waals surface area (Å²) in [5.41, 5.74) is 8.01. The standard InChI is InChI=1S/C17H12F3NO/c18-17(19,20)22-12-5-1-4-11(10-12)13-6-2-8-15-14(13)7-3-9-16(15)21/h1-10H,21H2. The summed E-state index contributed by atoms with van der Waals surface area (Å²) in [7, 11) is 0. The first-order valence-corrected chi connectivity index (χ1v) is 6.57. The van der Waals surface area contributed by atoms with E-state index in [1.54, 1.807) is 12.1 Å². The number of hydrogen-bond donors (Lipinski definition) is 1. The highest BCUT2D eigenvalue weighted by Gasteiger charge is 2.31. The molecule has 0 fully saturated rings. The summed E-state index contributed by atoms with van der Waals surface area (Å²) in [6, 6.07) is 16.9. The Morgan fingerprint density at radius 1 is 0.818 bits per heavy atom. The highest BCUT2D eigenvalue weighted by atomic mass is 19.4. The summed E-state index contributed by atoms with van der Waals surface area (Å²) < 4.78 is 41.0. The van der Waals surface area contributed by atoms with Crippen molar-refractivity contribution >= 4 is 16.5 Å². The molecule has 22 heavy (non-hydrogen) atoms. The second kappa shape index (κ2) is 5.26. The minimum Gasteiger partial charge on any atom is -0.406 e. The average molecular weight is 303 g/mol. The molecule has 0 aliphatic rings. The summed E-state index contributed by atoms with van der Waals surface area (Å²) in [5.74, 6) is -0.245. The van der Waals surface area contributed by atoms with E-state index in [9.17, 15) is 13.2 Å². The number of nitrogen functional groups attached to an aromatic ring is 1. The second-order valence-corrected chi connectivity index (χ2v) is 4.82. The fourth-order valence-electron chi connectivity index (χ4n) is 2.45. The van der Waals surface area contributed by atoms with Gasteiger partial charge >= 0.3 is 6.36 Å². The van der Waals surface area contributed by atoms with Crippen molar-refractivity contribution in [3.63, 3.8) is 0 Å². The summed E-state index contributed by atoms with van der Waals surface area (Å²) in [4.78, 5) is 0. The van der Waals surface area contributed by atoms with Gasteiger partial charge in [-0.1, -0.05) is 42.5 Å². The lowest BCUT2D eigenvalue weighted by molar-refractivity contribution is -0.274. The smallest absolute Gasteiger partial charge is 0.406 e. The van der Waals surface area contributed by atoms with Crippen LogP contribution in [0.1, 0.15) is 0 Å². The number of benzene rings is 3. The van der Waals surface area contributed by atoms with Gasteiger partial charge in [0, 0.05) is 11.1 Å². The number of anilines is 1. The van der Waals surface area contributed by atoms with Gasteiger partial charge in [-0.3, -0.25) is 0 Å². The zero-order valence-electron chi connectivity index (χ0n) is 11.4. The Kier molecular flexibility index (Phi) is 3.41. The number of nitrogens with two attached hydrogens (primary N) is 1. The average Bonchev–Trinajstić information content (AvgIpc) is 2.46. The molecule has 3 aromatic carbocycles. The highest BCUT2D eigenvalue weighted by molar-refractivity contribution is 6.02. The number of halogens is 3. The van der Waals surface area contributed by atoms with Crippen LogP contribution in [-0.4, -0.2) is 6.36 Å². The molecule has 0 heterocycles. The van der Waals surface area contributed by atoms with Crippen LogP contribution in [0.15, 0.2) is 60.7 Å². The number of fused-ring (bicyclic) bond motifs is 1. The quantitative estimate of drug-likeness (QED) is 0.677. The van der Waals surface area contributed by atoms with Crippen molar-refractivity contribution in [1.82, 2.24) is 0 Å². The van der Waals surface area contributed by atoms with E-state index < -0.39 is 6.36 Å². The summed E-state index contributed by atoms with van der Waals surface area (Å²) >= 11 is 0. The van der Waals surface area contributed by atoms with Crippen molar-refractivity contribution in [2.75, 3.05) is 5.73 Å². The molecule has 2 nitrogen and oxygen atoms in total. The minimum atomic E-state index is -4.71. The summed E-state index contributed by atoms with van der Waals surface area (Å²) in [6.45, 7) is 0. The van der Waals surface area contributed by atoms with Gasteiger partial charge in [0.05, 0.1) is 0 Å². The van der Waals surface area contributed by atoms with Gasteiger partial charge < -0.3 is 10.5 Å². The van der Waals surface area contributed by atoms with Crippen LogP contribution in [0.2, 0.25) is 0 Å². The van der Waals surface area contributed by atoms with E-state index in [1.807, 2.05) is 30.3 Å². The van der Waals surface area contributed by atoms with Crippen LogP contribution in [0.3, 0.4) is 0 Å². The van der Waals surface area contributed by atoms with Crippen LogP contribution in [-0.2, 0) is 0 Å². The molecular formula is C17H12F3NO. The van der Waals surface area contributed by atoms with Crippen molar-refractivity contribution in [2.45, 2.75) is 6.36 Å². The highest BCUT2D eigenvalue weighted by Crippen LogP contribution is 2.33. The lowest BCUT2D eigenvalue weighted by Gasteiger charge is -2.12. The van der Waals surface area contributed by atoms with E-state index in [0.717, 1.165) is 16.3 Å². The van der Waals surface area contributed by atoms with Gasteiger partial charge in [-0.15, -0.1) is 13.2 Å². The molecule has 5 heteroatoms. The molecule has 0 saturated heterocycles. The van der Waals surface area contributed by atoms with Crippen LogP contribution in [0.25, 0.3) is 21.9 Å². The predicted molar refractivity (Wildman–Crippen MR) is 80.5 cm³/mol. The Bertz CT molecular complexity index is 827. The first kappa shape index (κ1) is 14.3. The maximum Gasteiger partial charge on any atom is 0.573 e. The third-order valence-corrected chi connectivity index (χ3v) is 3.33. The fourth-order valence-corrected chi connectivity index (χ4v) is 2.45. The third kappa shape index (κ3) is 2.83. The number of rotatable bonds is 2. The summed E-state index contributed by atoms with van der Waals surface area (Å²) in [6.07, 6.45) is -4.71. The van der Waals surface area contributed by atoms with Crippen LogP contribution >= 0.6 is 0 Å². The number of hydrogen-bond acceptors (Lipinski definition) is 2. The summed E-state index contributed by atoms with van der Waals surface area (Å²) in [5, 5.41) is 1.74. The van der Waals surface area contributed by atoms with Gasteiger partial charge in [-0.05, 0) is 34.7 Å². The van der Waals surface area contributed by atoms with Crippen molar-refractivity contribution in [3.8, 4) is 16.9 Å². The maximum absolute atomic E-state index is 12.3. The number of alkyl halides is 3. The largest absolute Gasteiger partial charge is 0.573 e. The molecule has 3 rings (SSSR count). The number of ether oxygens (including phenoxy) is 1. The molecule has 0 aliphatic carbocycles. The predicted octanol–water partition coefficient (Wildman–Crippen LogP) is 4.99. The molecule has 0 saturated carbocycles. The van der Waals surface area contributed by atoms with E-state index in [4.69, 9.17) is 5.73 Å². The van der Waals surface area contributed by atoms with Gasteiger partial charge in [0.2, 0.25) is 0 Å². The molecule has 0 radical (unpaired) electrons. The second-order valence-electron chi connectivity index (χ2n) is 4.82. The molecule has 0 atom stereocenters. The fraction of sp³-hybridized carbons (Fsp3) is 0.0588. The Morgan fingerprint density at radius 2 is 1.50 bits per heavy atom. The normalized spacial score (nSPS) is 11.6. The zero-order chi connectivity index (χ0) is 15.7. The Hall–Kier alpha value is -2.69. The van der Waals surface area contributed by atoms with E-state index in [2.05, 4.69) is 4.74 Å². The first-order valence-electron chi connectivity index (χ1n) is 6.57. The van der Waals surface area contributed by atoms with Gasteiger partial charge in [0.25, 0.3) is 0 Å². The molecule has 3 aromatic rings. The van der Waals surface area contributed by atoms with Crippen LogP contribution in [0.4, 0.5) is 18.9 Å². The lowest BCUT2D eigenvalue weighted by atomic mass is 9.97. The molecule has 112 valence electrons. The van der Waals surface area contributed by atoms with Crippen molar-refractivity contribution < 1.29 is 17.9 Å².